The Morgan fingerprint density at radius 1 is 1.04 bits per heavy atom. The molecular weight excluding hydrogens is 350 g/mol. The highest BCUT2D eigenvalue weighted by Gasteiger charge is 2.30. The van der Waals surface area contributed by atoms with E-state index in [-0.39, 0.29) is 11.9 Å². The minimum absolute atomic E-state index is 0.0430. The standard InChI is InChI=1S/C22H25N5O/c28-22(21-10-5-11-26(21)14-18-6-2-1-3-7-18)24-13-19-8-4-9-20(12-19)15-27-17-23-16-25-27/h1-4,6-9,12,16-17,21H,5,10-11,13-15H2,(H,24,28)/t21-/m0/s1. The molecule has 1 atom stereocenters. The second-order valence-electron chi connectivity index (χ2n) is 7.24. The number of carbonyl (C=O) groups excluding carboxylic acids is 1. The Morgan fingerprint density at radius 3 is 2.68 bits per heavy atom. The van der Waals surface area contributed by atoms with Crippen LogP contribution in [-0.4, -0.2) is 38.2 Å². The van der Waals surface area contributed by atoms with Crippen LogP contribution >= 0.6 is 0 Å². The van der Waals surface area contributed by atoms with Gasteiger partial charge < -0.3 is 5.32 Å². The van der Waals surface area contributed by atoms with Gasteiger partial charge >= 0.3 is 0 Å². The van der Waals surface area contributed by atoms with Gasteiger partial charge in [0.2, 0.25) is 5.91 Å². The van der Waals surface area contributed by atoms with Crippen LogP contribution in [0.1, 0.15) is 29.5 Å². The molecule has 3 aromatic rings. The molecule has 6 heteroatoms. The van der Waals surface area contributed by atoms with Crippen molar-refractivity contribution < 1.29 is 4.79 Å². The first-order valence-corrected chi connectivity index (χ1v) is 9.74. The Bertz CT molecular complexity index is 894. The Kier molecular flexibility index (Phi) is 5.77. The molecule has 2 aromatic carbocycles. The number of carbonyl (C=O) groups is 1. The summed E-state index contributed by atoms with van der Waals surface area (Å²) < 4.78 is 1.79. The Labute approximate surface area is 165 Å². The first-order valence-electron chi connectivity index (χ1n) is 9.74. The van der Waals surface area contributed by atoms with Crippen molar-refractivity contribution in [2.75, 3.05) is 6.54 Å². The topological polar surface area (TPSA) is 63.1 Å². The lowest BCUT2D eigenvalue weighted by molar-refractivity contribution is -0.125. The maximum atomic E-state index is 12.8. The maximum Gasteiger partial charge on any atom is 0.237 e. The molecule has 6 nitrogen and oxygen atoms in total. The summed E-state index contributed by atoms with van der Waals surface area (Å²) in [4.78, 5) is 19.0. The van der Waals surface area contributed by atoms with Gasteiger partial charge in [0, 0.05) is 13.1 Å². The molecule has 0 radical (unpaired) electrons. The van der Waals surface area contributed by atoms with Crippen molar-refractivity contribution in [2.45, 2.75) is 38.5 Å². The number of nitrogens with zero attached hydrogens (tertiary/aromatic N) is 4. The van der Waals surface area contributed by atoms with E-state index in [0.29, 0.717) is 13.1 Å². The lowest BCUT2D eigenvalue weighted by Gasteiger charge is -2.23. The molecule has 2 heterocycles. The molecule has 0 saturated carbocycles. The highest BCUT2D eigenvalue weighted by Crippen LogP contribution is 2.20. The number of amides is 1. The van der Waals surface area contributed by atoms with Crippen molar-refractivity contribution in [3.8, 4) is 0 Å². The van der Waals surface area contributed by atoms with E-state index < -0.39 is 0 Å². The molecule has 0 bridgehead atoms. The Morgan fingerprint density at radius 2 is 1.86 bits per heavy atom. The summed E-state index contributed by atoms with van der Waals surface area (Å²) in [5.74, 6) is 0.120. The molecular formula is C22H25N5O. The van der Waals surface area contributed by atoms with E-state index in [4.69, 9.17) is 0 Å². The van der Waals surface area contributed by atoms with Crippen molar-refractivity contribution in [1.82, 2.24) is 25.0 Å². The number of rotatable bonds is 7. The van der Waals surface area contributed by atoms with Crippen molar-refractivity contribution >= 4 is 5.91 Å². The summed E-state index contributed by atoms with van der Waals surface area (Å²) in [5, 5.41) is 7.27. The molecule has 4 rings (SSSR count). The fourth-order valence-electron chi connectivity index (χ4n) is 3.78. The summed E-state index contributed by atoms with van der Waals surface area (Å²) in [6.45, 7) is 3.02. The molecule has 1 fully saturated rings. The zero-order valence-corrected chi connectivity index (χ0v) is 15.9. The van der Waals surface area contributed by atoms with Gasteiger partial charge in [-0.2, -0.15) is 5.10 Å². The van der Waals surface area contributed by atoms with Gasteiger partial charge in [0.15, 0.2) is 0 Å². The fourth-order valence-corrected chi connectivity index (χ4v) is 3.78. The van der Waals surface area contributed by atoms with Crippen LogP contribution < -0.4 is 5.32 Å². The highest BCUT2D eigenvalue weighted by atomic mass is 16.2. The van der Waals surface area contributed by atoms with E-state index in [0.717, 1.165) is 37.1 Å². The van der Waals surface area contributed by atoms with Gasteiger partial charge in [0.05, 0.1) is 12.6 Å². The number of likely N-dealkylation sites (tertiary alicyclic amines) is 1. The monoisotopic (exact) mass is 375 g/mol. The minimum Gasteiger partial charge on any atom is -0.351 e. The van der Waals surface area contributed by atoms with Crippen LogP contribution in [0.4, 0.5) is 0 Å². The van der Waals surface area contributed by atoms with E-state index in [9.17, 15) is 4.79 Å². The molecule has 0 aliphatic carbocycles. The normalized spacial score (nSPS) is 16.9. The lowest BCUT2D eigenvalue weighted by Crippen LogP contribution is -2.42. The minimum atomic E-state index is -0.0430. The van der Waals surface area contributed by atoms with Gasteiger partial charge in [-0.05, 0) is 36.1 Å². The van der Waals surface area contributed by atoms with Crippen LogP contribution in [0.25, 0.3) is 0 Å². The van der Waals surface area contributed by atoms with E-state index in [2.05, 4.69) is 44.6 Å². The molecule has 1 saturated heterocycles. The highest BCUT2D eigenvalue weighted by molar-refractivity contribution is 5.82. The predicted molar refractivity (Wildman–Crippen MR) is 107 cm³/mol. The van der Waals surface area contributed by atoms with Crippen LogP contribution in [0.5, 0.6) is 0 Å². The smallest absolute Gasteiger partial charge is 0.237 e. The van der Waals surface area contributed by atoms with Crippen LogP contribution in [0.3, 0.4) is 0 Å². The first-order chi connectivity index (χ1) is 13.8. The number of aromatic nitrogens is 3. The van der Waals surface area contributed by atoms with Gasteiger partial charge in [-0.25, -0.2) is 9.67 Å². The van der Waals surface area contributed by atoms with Crippen LogP contribution in [0.15, 0.2) is 67.3 Å². The molecule has 1 aliphatic rings. The zero-order chi connectivity index (χ0) is 19.2. The summed E-state index contributed by atoms with van der Waals surface area (Å²) >= 11 is 0. The third kappa shape index (κ3) is 4.64. The number of benzene rings is 2. The van der Waals surface area contributed by atoms with Crippen molar-refractivity contribution in [2.24, 2.45) is 0 Å². The van der Waals surface area contributed by atoms with Crippen LogP contribution in [-0.2, 0) is 24.4 Å². The third-order valence-electron chi connectivity index (χ3n) is 5.16. The second-order valence-corrected chi connectivity index (χ2v) is 7.24. The van der Waals surface area contributed by atoms with Gasteiger partial charge in [-0.1, -0.05) is 54.6 Å². The van der Waals surface area contributed by atoms with E-state index >= 15 is 0 Å². The quantitative estimate of drug-likeness (QED) is 0.690. The molecule has 1 aliphatic heterocycles. The van der Waals surface area contributed by atoms with E-state index in [1.54, 1.807) is 11.0 Å². The summed E-state index contributed by atoms with van der Waals surface area (Å²) in [6.07, 6.45) is 5.23. The van der Waals surface area contributed by atoms with Gasteiger partial charge in [-0.3, -0.25) is 9.69 Å². The molecule has 0 spiro atoms. The number of hydrogen-bond donors (Lipinski definition) is 1. The molecule has 144 valence electrons. The van der Waals surface area contributed by atoms with Gasteiger partial charge in [0.25, 0.3) is 0 Å². The second kappa shape index (κ2) is 8.80. The maximum absolute atomic E-state index is 12.8. The SMILES string of the molecule is O=C(NCc1cccc(Cn2cncn2)c1)[C@@H]1CCCN1Cc1ccccc1. The molecule has 0 unspecified atom stereocenters. The number of nitrogens with one attached hydrogen (secondary N) is 1. The summed E-state index contributed by atoms with van der Waals surface area (Å²) in [6, 6.07) is 18.5. The van der Waals surface area contributed by atoms with Crippen molar-refractivity contribution in [1.29, 1.82) is 0 Å². The molecule has 1 amide bonds. The fraction of sp³-hybridized carbons (Fsp3) is 0.318. The Hall–Kier alpha value is -2.99. The predicted octanol–water partition coefficient (Wildman–Crippen LogP) is 2.61. The summed E-state index contributed by atoms with van der Waals surface area (Å²) in [7, 11) is 0. The average molecular weight is 375 g/mol. The average Bonchev–Trinajstić information content (AvgIpc) is 3.39. The first kappa shape index (κ1) is 18.4. The molecule has 28 heavy (non-hydrogen) atoms. The Balaban J connectivity index is 1.33. The van der Waals surface area contributed by atoms with E-state index in [1.165, 1.54) is 11.9 Å². The molecule has 1 N–H and O–H groups in total. The zero-order valence-electron chi connectivity index (χ0n) is 15.9. The summed E-state index contributed by atoms with van der Waals surface area (Å²) in [5.41, 5.74) is 3.49. The van der Waals surface area contributed by atoms with Crippen molar-refractivity contribution in [3.63, 3.8) is 0 Å². The van der Waals surface area contributed by atoms with Crippen LogP contribution in [0, 0.1) is 0 Å². The van der Waals surface area contributed by atoms with Gasteiger partial charge in [-0.15, -0.1) is 0 Å². The van der Waals surface area contributed by atoms with Gasteiger partial charge in [0.1, 0.15) is 12.7 Å². The third-order valence-corrected chi connectivity index (χ3v) is 5.16. The lowest BCUT2D eigenvalue weighted by atomic mass is 10.1. The molecule has 1 aromatic heterocycles. The van der Waals surface area contributed by atoms with Crippen LogP contribution in [0.2, 0.25) is 0 Å². The largest absolute Gasteiger partial charge is 0.351 e. The number of hydrogen-bond acceptors (Lipinski definition) is 4. The van der Waals surface area contributed by atoms with E-state index in [1.807, 2.05) is 30.3 Å². The van der Waals surface area contributed by atoms with Crippen molar-refractivity contribution in [3.05, 3.63) is 83.9 Å².